The van der Waals surface area contributed by atoms with Crippen LogP contribution in [0.4, 0.5) is 5.95 Å². The van der Waals surface area contributed by atoms with Crippen LogP contribution in [-0.2, 0) is 24.2 Å². The molecular formula is C11H16N4O. The van der Waals surface area contributed by atoms with Gasteiger partial charge in [-0.05, 0) is 14.0 Å². The van der Waals surface area contributed by atoms with Crippen molar-refractivity contribution in [1.29, 1.82) is 0 Å². The summed E-state index contributed by atoms with van der Waals surface area (Å²) < 4.78 is 0. The van der Waals surface area contributed by atoms with Crippen LogP contribution in [0.25, 0.3) is 0 Å². The maximum atomic E-state index is 11.2. The Bertz CT molecular complexity index is 430. The smallest absolute Gasteiger partial charge is 0.220 e. The summed E-state index contributed by atoms with van der Waals surface area (Å²) in [5.41, 5.74) is 8.52. The van der Waals surface area contributed by atoms with Gasteiger partial charge in [-0.3, -0.25) is 4.79 Å². The van der Waals surface area contributed by atoms with Gasteiger partial charge < -0.3 is 10.6 Å². The van der Waals surface area contributed by atoms with E-state index in [4.69, 9.17) is 5.73 Å². The molecule has 5 heteroatoms. The molecule has 0 bridgehead atoms. The van der Waals surface area contributed by atoms with Gasteiger partial charge in [-0.1, -0.05) is 0 Å². The molecule has 1 aromatic rings. The number of anilines is 1. The number of nitrogens with zero attached hydrogens (tertiary/aromatic N) is 3. The number of aromatic nitrogens is 2. The number of carbonyl (C=O) groups is 1. The van der Waals surface area contributed by atoms with Gasteiger partial charge in [0.15, 0.2) is 0 Å². The van der Waals surface area contributed by atoms with Crippen molar-refractivity contribution in [2.24, 2.45) is 0 Å². The fraction of sp³-hybridized carbons (Fsp3) is 0.545. The molecule has 16 heavy (non-hydrogen) atoms. The number of rotatable bonds is 2. The number of nitrogens with two attached hydrogens (primary N) is 1. The third-order valence-electron chi connectivity index (χ3n) is 2.77. The van der Waals surface area contributed by atoms with Crippen LogP contribution in [0.5, 0.6) is 0 Å². The van der Waals surface area contributed by atoms with Gasteiger partial charge in [0.1, 0.15) is 5.78 Å². The van der Waals surface area contributed by atoms with E-state index in [1.807, 2.05) is 0 Å². The van der Waals surface area contributed by atoms with Gasteiger partial charge in [-0.2, -0.15) is 0 Å². The van der Waals surface area contributed by atoms with Crippen molar-refractivity contribution in [2.45, 2.75) is 26.3 Å². The molecule has 0 atom stereocenters. The van der Waals surface area contributed by atoms with Crippen LogP contribution in [0, 0.1) is 0 Å². The summed E-state index contributed by atoms with van der Waals surface area (Å²) in [6.07, 6.45) is 1.23. The Labute approximate surface area is 94.7 Å². The summed E-state index contributed by atoms with van der Waals surface area (Å²) in [6, 6.07) is 0. The van der Waals surface area contributed by atoms with Gasteiger partial charge in [0.25, 0.3) is 0 Å². The van der Waals surface area contributed by atoms with E-state index in [0.717, 1.165) is 36.5 Å². The summed E-state index contributed by atoms with van der Waals surface area (Å²) in [5.74, 6) is 0.382. The molecule has 1 aromatic heterocycles. The minimum atomic E-state index is 0.105. The fourth-order valence-corrected chi connectivity index (χ4v) is 2.02. The Morgan fingerprint density at radius 3 is 2.94 bits per heavy atom. The zero-order valence-corrected chi connectivity index (χ0v) is 9.66. The Hall–Kier alpha value is -1.49. The Kier molecular flexibility index (Phi) is 2.87. The van der Waals surface area contributed by atoms with Gasteiger partial charge >= 0.3 is 0 Å². The number of Topliss-reactive ketones (excluding diaryl/α,β-unsaturated/α-hetero) is 1. The van der Waals surface area contributed by atoms with Crippen molar-refractivity contribution < 1.29 is 4.79 Å². The number of likely N-dealkylation sites (N-methyl/N-ethyl adjacent to an activating group) is 1. The highest BCUT2D eigenvalue weighted by molar-refractivity contribution is 5.78. The molecule has 0 aromatic carbocycles. The van der Waals surface area contributed by atoms with Crippen molar-refractivity contribution in [1.82, 2.24) is 14.9 Å². The van der Waals surface area contributed by atoms with Crippen LogP contribution in [0.2, 0.25) is 0 Å². The minimum absolute atomic E-state index is 0.105. The molecule has 2 N–H and O–H groups in total. The molecule has 0 radical (unpaired) electrons. The lowest BCUT2D eigenvalue weighted by Crippen LogP contribution is -2.29. The lowest BCUT2D eigenvalue weighted by atomic mass is 10.0. The summed E-state index contributed by atoms with van der Waals surface area (Å²) in [6.45, 7) is 3.35. The largest absolute Gasteiger partial charge is 0.368 e. The average molecular weight is 220 g/mol. The first-order valence-corrected chi connectivity index (χ1v) is 5.38. The van der Waals surface area contributed by atoms with Crippen LogP contribution in [-0.4, -0.2) is 34.2 Å². The molecule has 0 saturated heterocycles. The molecule has 1 aliphatic rings. The number of fused-ring (bicyclic) bond motifs is 1. The van der Waals surface area contributed by atoms with Crippen molar-refractivity contribution >= 4 is 11.7 Å². The van der Waals surface area contributed by atoms with Gasteiger partial charge in [0.2, 0.25) is 5.95 Å². The van der Waals surface area contributed by atoms with Crippen LogP contribution < -0.4 is 5.73 Å². The quantitative estimate of drug-likeness (QED) is 0.769. The molecule has 5 nitrogen and oxygen atoms in total. The topological polar surface area (TPSA) is 72.1 Å². The number of carbonyl (C=O) groups excluding carboxylic acids is 1. The van der Waals surface area contributed by atoms with Gasteiger partial charge in [-0.25, -0.2) is 9.97 Å². The molecule has 86 valence electrons. The first-order chi connectivity index (χ1) is 7.56. The van der Waals surface area contributed by atoms with Gasteiger partial charge in [-0.15, -0.1) is 0 Å². The van der Waals surface area contributed by atoms with Crippen LogP contribution in [0.15, 0.2) is 0 Å². The number of nitrogen functional groups attached to an aromatic ring is 1. The Balaban J connectivity index is 2.42. The molecule has 0 aliphatic carbocycles. The van der Waals surface area contributed by atoms with E-state index in [2.05, 4.69) is 21.9 Å². The fourth-order valence-electron chi connectivity index (χ4n) is 2.02. The van der Waals surface area contributed by atoms with Crippen LogP contribution in [0.3, 0.4) is 0 Å². The number of hydrogen-bond acceptors (Lipinski definition) is 5. The Morgan fingerprint density at radius 2 is 2.25 bits per heavy atom. The molecule has 0 saturated carbocycles. The first-order valence-electron chi connectivity index (χ1n) is 5.38. The first kappa shape index (κ1) is 11.0. The van der Waals surface area contributed by atoms with Crippen LogP contribution in [0.1, 0.15) is 23.9 Å². The second-order valence-corrected chi connectivity index (χ2v) is 4.32. The minimum Gasteiger partial charge on any atom is -0.368 e. The predicted octanol–water partition coefficient (Wildman–Crippen LogP) is 0.178. The highest BCUT2D eigenvalue weighted by atomic mass is 16.1. The highest BCUT2D eigenvalue weighted by Crippen LogP contribution is 2.20. The Morgan fingerprint density at radius 1 is 1.50 bits per heavy atom. The molecule has 0 spiro atoms. The predicted molar refractivity (Wildman–Crippen MR) is 60.9 cm³/mol. The summed E-state index contributed by atoms with van der Waals surface area (Å²) in [7, 11) is 2.05. The third kappa shape index (κ3) is 2.19. The van der Waals surface area contributed by atoms with E-state index in [9.17, 15) is 4.79 Å². The average Bonchev–Trinajstić information content (AvgIpc) is 2.18. The molecular weight excluding hydrogens is 204 g/mol. The summed E-state index contributed by atoms with van der Waals surface area (Å²) >= 11 is 0. The number of hydrogen-bond donors (Lipinski definition) is 1. The number of ketones is 1. The second-order valence-electron chi connectivity index (χ2n) is 4.32. The monoisotopic (exact) mass is 220 g/mol. The molecule has 0 unspecified atom stereocenters. The molecule has 2 rings (SSSR count). The van der Waals surface area contributed by atoms with Crippen LogP contribution >= 0.6 is 0 Å². The van der Waals surface area contributed by atoms with E-state index in [0.29, 0.717) is 6.42 Å². The van der Waals surface area contributed by atoms with Crippen molar-refractivity contribution in [2.75, 3.05) is 19.3 Å². The lowest BCUT2D eigenvalue weighted by molar-refractivity contribution is -0.116. The summed E-state index contributed by atoms with van der Waals surface area (Å²) in [5, 5.41) is 0. The molecule has 1 aliphatic heterocycles. The standard InChI is InChI=1S/C11H16N4O/c1-7(16)5-10-8-6-15(2)4-3-9(8)13-11(12)14-10/h3-6H2,1-2H3,(H2,12,13,14). The van der Waals surface area contributed by atoms with E-state index in [-0.39, 0.29) is 11.7 Å². The zero-order chi connectivity index (χ0) is 11.7. The van der Waals surface area contributed by atoms with Gasteiger partial charge in [0, 0.05) is 31.5 Å². The normalized spacial score (nSPS) is 15.9. The summed E-state index contributed by atoms with van der Waals surface area (Å²) in [4.78, 5) is 21.8. The van der Waals surface area contributed by atoms with E-state index in [1.54, 1.807) is 6.92 Å². The second kappa shape index (κ2) is 4.17. The van der Waals surface area contributed by atoms with E-state index >= 15 is 0 Å². The SMILES string of the molecule is CC(=O)Cc1nc(N)nc2c1CN(C)CC2. The third-order valence-corrected chi connectivity index (χ3v) is 2.77. The molecule has 0 fully saturated rings. The van der Waals surface area contributed by atoms with Gasteiger partial charge in [0.05, 0.1) is 11.4 Å². The molecule has 2 heterocycles. The maximum Gasteiger partial charge on any atom is 0.220 e. The van der Waals surface area contributed by atoms with Crippen molar-refractivity contribution in [3.8, 4) is 0 Å². The lowest BCUT2D eigenvalue weighted by Gasteiger charge is -2.25. The van der Waals surface area contributed by atoms with E-state index < -0.39 is 0 Å². The molecule has 0 amide bonds. The maximum absolute atomic E-state index is 11.2. The van der Waals surface area contributed by atoms with Crippen molar-refractivity contribution in [3.05, 3.63) is 17.0 Å². The van der Waals surface area contributed by atoms with E-state index in [1.165, 1.54) is 0 Å². The zero-order valence-electron chi connectivity index (χ0n) is 9.66. The highest BCUT2D eigenvalue weighted by Gasteiger charge is 2.20. The van der Waals surface area contributed by atoms with Crippen molar-refractivity contribution in [3.63, 3.8) is 0 Å².